The summed E-state index contributed by atoms with van der Waals surface area (Å²) < 4.78 is 7.66. The Labute approximate surface area is 203 Å². The lowest BCUT2D eigenvalue weighted by molar-refractivity contribution is -0.115. The summed E-state index contributed by atoms with van der Waals surface area (Å²) in [6, 6.07) is 22.6. The number of carbonyl (C=O) groups excluding carboxylic acids is 1. The highest BCUT2D eigenvalue weighted by molar-refractivity contribution is 8.18. The van der Waals surface area contributed by atoms with E-state index in [9.17, 15) is 4.79 Å². The van der Waals surface area contributed by atoms with Crippen molar-refractivity contribution in [2.45, 2.75) is 20.4 Å². The van der Waals surface area contributed by atoms with Gasteiger partial charge in [-0.25, -0.2) is 4.99 Å². The highest BCUT2D eigenvalue weighted by atomic mass is 32.2. The summed E-state index contributed by atoms with van der Waals surface area (Å²) in [6.07, 6.45) is 4.07. The second-order valence-electron chi connectivity index (χ2n) is 8.38. The van der Waals surface area contributed by atoms with E-state index in [-0.39, 0.29) is 5.91 Å². The molecule has 1 fully saturated rings. The van der Waals surface area contributed by atoms with Gasteiger partial charge in [0.2, 0.25) is 0 Å². The van der Waals surface area contributed by atoms with Crippen LogP contribution in [0.3, 0.4) is 0 Å². The summed E-state index contributed by atoms with van der Waals surface area (Å²) in [7, 11) is 1.62. The standard InChI is InChI=1S/C28H25N3O2S/c1-18-7-6-8-20(13-18)16-31-17-21(22-9-4-5-10-24(22)31)15-26-27(32)30-28(34-26)29-23-14-19(2)11-12-25(23)33-3/h4-15,17H,16H2,1-3H3,(H,29,30,32)/b26-15-. The van der Waals surface area contributed by atoms with Gasteiger partial charge in [-0.1, -0.05) is 54.1 Å². The van der Waals surface area contributed by atoms with Crippen LogP contribution in [-0.2, 0) is 11.3 Å². The number of nitrogens with one attached hydrogen (secondary N) is 1. The molecule has 34 heavy (non-hydrogen) atoms. The minimum Gasteiger partial charge on any atom is -0.494 e. The summed E-state index contributed by atoms with van der Waals surface area (Å²) in [6.45, 7) is 4.88. The summed E-state index contributed by atoms with van der Waals surface area (Å²) in [5.74, 6) is 0.524. The van der Waals surface area contributed by atoms with Crippen molar-refractivity contribution in [3.63, 3.8) is 0 Å². The second-order valence-corrected chi connectivity index (χ2v) is 9.41. The Kier molecular flexibility index (Phi) is 5.99. The monoisotopic (exact) mass is 467 g/mol. The van der Waals surface area contributed by atoms with E-state index in [1.54, 1.807) is 7.11 Å². The van der Waals surface area contributed by atoms with Gasteiger partial charge in [0, 0.05) is 29.2 Å². The number of thioether (sulfide) groups is 1. The van der Waals surface area contributed by atoms with Crippen molar-refractivity contribution in [3.8, 4) is 5.75 Å². The first-order valence-electron chi connectivity index (χ1n) is 11.1. The van der Waals surface area contributed by atoms with Gasteiger partial charge in [0.1, 0.15) is 11.4 Å². The molecule has 4 aromatic rings. The van der Waals surface area contributed by atoms with Crippen molar-refractivity contribution >= 4 is 45.5 Å². The van der Waals surface area contributed by atoms with Gasteiger partial charge in [-0.15, -0.1) is 0 Å². The van der Waals surface area contributed by atoms with E-state index in [4.69, 9.17) is 4.74 Å². The lowest BCUT2D eigenvalue weighted by Gasteiger charge is -2.06. The van der Waals surface area contributed by atoms with Crippen LogP contribution >= 0.6 is 11.8 Å². The lowest BCUT2D eigenvalue weighted by Crippen LogP contribution is -2.19. The number of aromatic nitrogens is 1. The number of carbonyl (C=O) groups is 1. The zero-order valence-electron chi connectivity index (χ0n) is 19.3. The summed E-state index contributed by atoms with van der Waals surface area (Å²) in [5, 5.41) is 4.55. The number of benzene rings is 3. The molecule has 1 N–H and O–H groups in total. The fraction of sp³-hybridized carbons (Fsp3) is 0.143. The number of aryl methyl sites for hydroxylation is 2. The second kappa shape index (κ2) is 9.23. The number of rotatable bonds is 5. The van der Waals surface area contributed by atoms with Crippen molar-refractivity contribution in [1.29, 1.82) is 0 Å². The van der Waals surface area contributed by atoms with Crippen LogP contribution in [0, 0.1) is 13.8 Å². The molecular formula is C28H25N3O2S. The number of para-hydroxylation sites is 1. The predicted molar refractivity (Wildman–Crippen MR) is 141 cm³/mol. The molecule has 170 valence electrons. The first-order chi connectivity index (χ1) is 16.5. The van der Waals surface area contributed by atoms with E-state index >= 15 is 0 Å². The minimum atomic E-state index is -0.147. The molecular weight excluding hydrogens is 442 g/mol. The number of ether oxygens (including phenoxy) is 1. The molecule has 0 atom stereocenters. The van der Waals surface area contributed by atoms with Crippen LogP contribution in [0.1, 0.15) is 22.3 Å². The molecule has 0 aliphatic carbocycles. The lowest BCUT2D eigenvalue weighted by atomic mass is 10.1. The Morgan fingerprint density at radius 1 is 1.03 bits per heavy atom. The molecule has 0 saturated carbocycles. The average molecular weight is 468 g/mol. The van der Waals surface area contributed by atoms with Crippen molar-refractivity contribution in [2.24, 2.45) is 4.99 Å². The Morgan fingerprint density at radius 3 is 2.68 bits per heavy atom. The average Bonchev–Trinajstić information content (AvgIpc) is 3.34. The quantitative estimate of drug-likeness (QED) is 0.355. The van der Waals surface area contributed by atoms with Crippen LogP contribution < -0.4 is 10.1 Å². The van der Waals surface area contributed by atoms with Crippen molar-refractivity contribution in [3.05, 3.63) is 100 Å². The molecule has 1 aliphatic heterocycles. The fourth-order valence-corrected chi connectivity index (χ4v) is 4.97. The molecule has 5 nitrogen and oxygen atoms in total. The topological polar surface area (TPSA) is 55.6 Å². The number of hydrogen-bond acceptors (Lipinski definition) is 4. The molecule has 1 aliphatic rings. The number of amides is 1. The predicted octanol–water partition coefficient (Wildman–Crippen LogP) is 6.21. The van der Waals surface area contributed by atoms with Crippen LogP contribution in [-0.4, -0.2) is 22.8 Å². The third-order valence-electron chi connectivity index (χ3n) is 5.75. The van der Waals surface area contributed by atoms with E-state index in [0.29, 0.717) is 21.5 Å². The summed E-state index contributed by atoms with van der Waals surface area (Å²) in [4.78, 5) is 18.0. The van der Waals surface area contributed by atoms with E-state index in [2.05, 4.69) is 64.4 Å². The molecule has 0 bridgehead atoms. The molecule has 1 aromatic heterocycles. The third-order valence-corrected chi connectivity index (χ3v) is 6.66. The van der Waals surface area contributed by atoms with E-state index in [1.807, 2.05) is 43.3 Å². The van der Waals surface area contributed by atoms with Gasteiger partial charge in [-0.2, -0.15) is 0 Å². The molecule has 6 heteroatoms. The molecule has 0 unspecified atom stereocenters. The molecule has 2 heterocycles. The van der Waals surface area contributed by atoms with Gasteiger partial charge < -0.3 is 14.6 Å². The Bertz CT molecular complexity index is 1470. The van der Waals surface area contributed by atoms with Crippen LogP contribution in [0.4, 0.5) is 5.69 Å². The number of aliphatic imine (C=N–C) groups is 1. The maximum Gasteiger partial charge on any atom is 0.264 e. The molecule has 3 aromatic carbocycles. The van der Waals surface area contributed by atoms with Crippen molar-refractivity contribution < 1.29 is 9.53 Å². The smallest absolute Gasteiger partial charge is 0.264 e. The minimum absolute atomic E-state index is 0.147. The van der Waals surface area contributed by atoms with Crippen LogP contribution in [0.25, 0.3) is 17.0 Å². The Hall–Kier alpha value is -3.77. The molecule has 1 amide bonds. The molecule has 1 saturated heterocycles. The fourth-order valence-electron chi connectivity index (χ4n) is 4.15. The normalized spacial score (nSPS) is 15.9. The number of hydrogen-bond donors (Lipinski definition) is 1. The van der Waals surface area contributed by atoms with E-state index in [0.717, 1.165) is 28.6 Å². The number of fused-ring (bicyclic) bond motifs is 1. The maximum atomic E-state index is 12.8. The third kappa shape index (κ3) is 4.50. The van der Waals surface area contributed by atoms with E-state index in [1.165, 1.54) is 22.9 Å². The van der Waals surface area contributed by atoms with Crippen molar-refractivity contribution in [1.82, 2.24) is 9.88 Å². The highest BCUT2D eigenvalue weighted by Crippen LogP contribution is 2.34. The summed E-state index contributed by atoms with van der Waals surface area (Å²) >= 11 is 1.34. The summed E-state index contributed by atoms with van der Waals surface area (Å²) in [5.41, 5.74) is 6.41. The van der Waals surface area contributed by atoms with Gasteiger partial charge in [0.25, 0.3) is 5.91 Å². The Balaban J connectivity index is 1.48. The zero-order chi connectivity index (χ0) is 23.7. The largest absolute Gasteiger partial charge is 0.494 e. The molecule has 5 rings (SSSR count). The van der Waals surface area contributed by atoms with Gasteiger partial charge in [0.05, 0.1) is 12.0 Å². The first kappa shape index (κ1) is 22.0. The van der Waals surface area contributed by atoms with Crippen LogP contribution in [0.15, 0.2) is 82.8 Å². The molecule has 0 spiro atoms. The maximum absolute atomic E-state index is 12.8. The SMILES string of the molecule is COc1ccc(C)cc1N=C1NC(=O)/C(=C/c2cn(Cc3cccc(C)c3)c3ccccc23)S1. The van der Waals surface area contributed by atoms with Crippen molar-refractivity contribution in [2.75, 3.05) is 7.11 Å². The first-order valence-corrected chi connectivity index (χ1v) is 11.9. The van der Waals surface area contributed by atoms with Gasteiger partial charge in [-0.05, 0) is 61.0 Å². The van der Waals surface area contributed by atoms with Crippen LogP contribution in [0.2, 0.25) is 0 Å². The Morgan fingerprint density at radius 2 is 1.85 bits per heavy atom. The molecule has 0 radical (unpaired) electrons. The zero-order valence-corrected chi connectivity index (χ0v) is 20.1. The number of nitrogens with zero attached hydrogens (tertiary/aromatic N) is 2. The highest BCUT2D eigenvalue weighted by Gasteiger charge is 2.25. The van der Waals surface area contributed by atoms with Crippen LogP contribution in [0.5, 0.6) is 5.75 Å². The number of methoxy groups -OCH3 is 1. The van der Waals surface area contributed by atoms with Gasteiger partial charge in [0.15, 0.2) is 5.17 Å². The van der Waals surface area contributed by atoms with E-state index < -0.39 is 0 Å². The van der Waals surface area contributed by atoms with Gasteiger partial charge >= 0.3 is 0 Å². The van der Waals surface area contributed by atoms with Gasteiger partial charge in [-0.3, -0.25) is 4.79 Å². The number of amidine groups is 1.